The van der Waals surface area contributed by atoms with Crippen LogP contribution in [0, 0.1) is 0 Å². The van der Waals surface area contributed by atoms with Gasteiger partial charge in [-0.15, -0.1) is 0 Å². The van der Waals surface area contributed by atoms with Gasteiger partial charge >= 0.3 is 0 Å². The third-order valence-corrected chi connectivity index (χ3v) is 2.39. The molecule has 1 N–H and O–H groups in total. The van der Waals surface area contributed by atoms with Crippen LogP contribution in [0.15, 0.2) is 36.5 Å². The number of ether oxygens (including phenoxy) is 1. The fourth-order valence-corrected chi connectivity index (χ4v) is 1.74. The molecule has 2 nitrogen and oxygen atoms in total. The molecule has 64 valence electrons. The summed E-state index contributed by atoms with van der Waals surface area (Å²) in [5.41, 5.74) is 3.71. The Morgan fingerprint density at radius 1 is 1.08 bits per heavy atom. The van der Waals surface area contributed by atoms with E-state index in [4.69, 9.17) is 4.74 Å². The molecule has 1 aromatic carbocycles. The maximum Gasteiger partial charge on any atom is 0.199 e. The third-order valence-electron chi connectivity index (χ3n) is 2.39. The summed E-state index contributed by atoms with van der Waals surface area (Å²) in [5, 5.41) is 0. The minimum atomic E-state index is 0.670. The molecule has 13 heavy (non-hydrogen) atoms. The Hall–Kier alpha value is -1.70. The predicted molar refractivity (Wildman–Crippen MR) is 50.6 cm³/mol. The zero-order valence-corrected chi connectivity index (χ0v) is 7.08. The molecule has 0 bridgehead atoms. The van der Waals surface area contributed by atoms with Crippen LogP contribution in [0.2, 0.25) is 0 Å². The van der Waals surface area contributed by atoms with Crippen molar-refractivity contribution in [3.05, 3.63) is 42.1 Å². The van der Waals surface area contributed by atoms with Gasteiger partial charge in [-0.05, 0) is 17.2 Å². The zero-order chi connectivity index (χ0) is 8.67. The standard InChI is InChI=1S/C11H9NO/c1-2-4-9-8(3-1)7-13-11-10(9)5-6-12-11/h1-6,12H,7H2. The molecule has 0 fully saturated rings. The maximum atomic E-state index is 5.53. The Balaban J connectivity index is 2.30. The highest BCUT2D eigenvalue weighted by Crippen LogP contribution is 2.35. The summed E-state index contributed by atoms with van der Waals surface area (Å²) in [5.74, 6) is 0.888. The minimum Gasteiger partial charge on any atom is -0.474 e. The van der Waals surface area contributed by atoms with Gasteiger partial charge < -0.3 is 9.72 Å². The van der Waals surface area contributed by atoms with Crippen molar-refractivity contribution in [1.29, 1.82) is 0 Å². The number of hydrogen-bond donors (Lipinski definition) is 1. The van der Waals surface area contributed by atoms with E-state index in [1.807, 2.05) is 18.3 Å². The van der Waals surface area contributed by atoms with Crippen molar-refractivity contribution in [2.75, 3.05) is 0 Å². The Labute approximate surface area is 76.2 Å². The number of rotatable bonds is 0. The summed E-state index contributed by atoms with van der Waals surface area (Å²) in [7, 11) is 0. The van der Waals surface area contributed by atoms with Crippen molar-refractivity contribution in [1.82, 2.24) is 4.98 Å². The molecule has 0 amide bonds. The molecule has 3 rings (SSSR count). The third kappa shape index (κ3) is 0.886. The summed E-state index contributed by atoms with van der Waals surface area (Å²) in [6.45, 7) is 0.670. The van der Waals surface area contributed by atoms with Gasteiger partial charge in [0.2, 0.25) is 0 Å². The summed E-state index contributed by atoms with van der Waals surface area (Å²) in [6.07, 6.45) is 1.91. The van der Waals surface area contributed by atoms with E-state index in [-0.39, 0.29) is 0 Å². The van der Waals surface area contributed by atoms with Crippen LogP contribution < -0.4 is 4.74 Å². The van der Waals surface area contributed by atoms with E-state index < -0.39 is 0 Å². The minimum absolute atomic E-state index is 0.670. The summed E-state index contributed by atoms with van der Waals surface area (Å²) < 4.78 is 5.53. The molecule has 1 aliphatic rings. The van der Waals surface area contributed by atoms with Crippen LogP contribution in [0.5, 0.6) is 5.88 Å². The number of fused-ring (bicyclic) bond motifs is 3. The fourth-order valence-electron chi connectivity index (χ4n) is 1.74. The van der Waals surface area contributed by atoms with Crippen molar-refractivity contribution < 1.29 is 4.74 Å². The summed E-state index contributed by atoms with van der Waals surface area (Å²) >= 11 is 0. The lowest BCUT2D eigenvalue weighted by Crippen LogP contribution is -2.03. The van der Waals surface area contributed by atoms with Gasteiger partial charge in [0.25, 0.3) is 0 Å². The van der Waals surface area contributed by atoms with Crippen molar-refractivity contribution in [3.63, 3.8) is 0 Å². The van der Waals surface area contributed by atoms with Gasteiger partial charge in [0.15, 0.2) is 5.88 Å². The Kier molecular flexibility index (Phi) is 1.25. The molecule has 1 aliphatic heterocycles. The topological polar surface area (TPSA) is 25.0 Å². The largest absolute Gasteiger partial charge is 0.474 e. The van der Waals surface area contributed by atoms with Gasteiger partial charge in [-0.25, -0.2) is 0 Å². The molecule has 0 saturated carbocycles. The van der Waals surface area contributed by atoms with E-state index in [2.05, 4.69) is 23.2 Å². The maximum absolute atomic E-state index is 5.53. The van der Waals surface area contributed by atoms with E-state index in [0.717, 1.165) is 5.88 Å². The van der Waals surface area contributed by atoms with Gasteiger partial charge in [-0.1, -0.05) is 24.3 Å². The second-order valence-corrected chi connectivity index (χ2v) is 3.17. The number of nitrogens with one attached hydrogen (secondary N) is 1. The summed E-state index contributed by atoms with van der Waals surface area (Å²) in [6, 6.07) is 10.4. The Bertz CT molecular complexity index is 445. The highest BCUT2D eigenvalue weighted by molar-refractivity contribution is 5.73. The molecular formula is C11H9NO. The zero-order valence-electron chi connectivity index (χ0n) is 7.08. The molecule has 0 radical (unpaired) electrons. The first kappa shape index (κ1) is 6.78. The van der Waals surface area contributed by atoms with E-state index >= 15 is 0 Å². The lowest BCUT2D eigenvalue weighted by Gasteiger charge is -2.16. The van der Waals surface area contributed by atoms with Gasteiger partial charge in [0.05, 0.1) is 0 Å². The number of H-pyrrole nitrogens is 1. The number of aromatic nitrogens is 1. The molecule has 2 aromatic rings. The Morgan fingerprint density at radius 3 is 3.00 bits per heavy atom. The van der Waals surface area contributed by atoms with Crippen molar-refractivity contribution >= 4 is 0 Å². The van der Waals surface area contributed by atoms with Gasteiger partial charge in [-0.2, -0.15) is 0 Å². The second-order valence-electron chi connectivity index (χ2n) is 3.17. The first-order valence-corrected chi connectivity index (χ1v) is 4.33. The molecule has 0 atom stereocenters. The molecule has 2 heteroatoms. The van der Waals surface area contributed by atoms with Crippen LogP contribution >= 0.6 is 0 Å². The van der Waals surface area contributed by atoms with E-state index in [1.54, 1.807) is 0 Å². The van der Waals surface area contributed by atoms with E-state index in [0.29, 0.717) is 6.61 Å². The van der Waals surface area contributed by atoms with Crippen LogP contribution in [-0.4, -0.2) is 4.98 Å². The second kappa shape index (κ2) is 2.39. The first-order chi connectivity index (χ1) is 6.45. The van der Waals surface area contributed by atoms with E-state index in [9.17, 15) is 0 Å². The number of hydrogen-bond acceptors (Lipinski definition) is 1. The fraction of sp³-hybridized carbons (Fsp3) is 0.0909. The van der Waals surface area contributed by atoms with Crippen LogP contribution in [0.3, 0.4) is 0 Å². The quantitative estimate of drug-likeness (QED) is 0.647. The van der Waals surface area contributed by atoms with Gasteiger partial charge in [0, 0.05) is 11.8 Å². The molecule has 0 unspecified atom stereocenters. The van der Waals surface area contributed by atoms with Crippen LogP contribution in [0.1, 0.15) is 5.56 Å². The van der Waals surface area contributed by atoms with Crippen molar-refractivity contribution in [3.8, 4) is 17.0 Å². The monoisotopic (exact) mass is 171 g/mol. The lowest BCUT2D eigenvalue weighted by molar-refractivity contribution is 0.292. The molecule has 0 saturated heterocycles. The van der Waals surface area contributed by atoms with Crippen LogP contribution in [-0.2, 0) is 6.61 Å². The number of aromatic amines is 1. The molecular weight excluding hydrogens is 162 g/mol. The SMILES string of the molecule is c1ccc2c(c1)COc1[nH]ccc1-2. The van der Waals surface area contributed by atoms with Crippen LogP contribution in [0.4, 0.5) is 0 Å². The average molecular weight is 171 g/mol. The van der Waals surface area contributed by atoms with Crippen molar-refractivity contribution in [2.45, 2.75) is 6.61 Å². The van der Waals surface area contributed by atoms with Crippen molar-refractivity contribution in [2.24, 2.45) is 0 Å². The highest BCUT2D eigenvalue weighted by Gasteiger charge is 2.16. The van der Waals surface area contributed by atoms with Gasteiger partial charge in [-0.3, -0.25) is 0 Å². The average Bonchev–Trinajstić information content (AvgIpc) is 2.65. The first-order valence-electron chi connectivity index (χ1n) is 4.33. The smallest absolute Gasteiger partial charge is 0.199 e. The van der Waals surface area contributed by atoms with Gasteiger partial charge in [0.1, 0.15) is 6.61 Å². The molecule has 0 aliphatic carbocycles. The molecule has 0 spiro atoms. The lowest BCUT2D eigenvalue weighted by atomic mass is 10.0. The van der Waals surface area contributed by atoms with E-state index in [1.165, 1.54) is 16.7 Å². The number of benzene rings is 1. The van der Waals surface area contributed by atoms with Crippen LogP contribution in [0.25, 0.3) is 11.1 Å². The summed E-state index contributed by atoms with van der Waals surface area (Å²) in [4.78, 5) is 3.08. The Morgan fingerprint density at radius 2 is 2.00 bits per heavy atom. The predicted octanol–water partition coefficient (Wildman–Crippen LogP) is 2.57. The molecule has 2 heterocycles. The normalized spacial score (nSPS) is 12.9. The highest BCUT2D eigenvalue weighted by atomic mass is 16.5. The molecule has 1 aromatic heterocycles.